The molecule has 2 rings (SSSR count). The lowest BCUT2D eigenvalue weighted by atomic mass is 10.1. The summed E-state index contributed by atoms with van der Waals surface area (Å²) in [7, 11) is 4.04. The summed E-state index contributed by atoms with van der Waals surface area (Å²) in [6.07, 6.45) is 2.35. The van der Waals surface area contributed by atoms with Gasteiger partial charge in [-0.25, -0.2) is 0 Å². The van der Waals surface area contributed by atoms with Crippen LogP contribution in [0.5, 0.6) is 0 Å². The predicted molar refractivity (Wildman–Crippen MR) is 64.5 cm³/mol. The van der Waals surface area contributed by atoms with Crippen LogP contribution in [0, 0.1) is 0 Å². The maximum Gasteiger partial charge on any atom is 0.170 e. The molecule has 4 heteroatoms. The van der Waals surface area contributed by atoms with Gasteiger partial charge in [-0.05, 0) is 17.7 Å². The first-order chi connectivity index (χ1) is 7.66. The molecule has 84 valence electrons. The zero-order valence-corrected chi connectivity index (χ0v) is 9.47. The van der Waals surface area contributed by atoms with E-state index in [0.717, 1.165) is 12.0 Å². The molecule has 0 atom stereocenters. The van der Waals surface area contributed by atoms with Gasteiger partial charge in [-0.2, -0.15) is 0 Å². The van der Waals surface area contributed by atoms with Crippen molar-refractivity contribution < 1.29 is 4.52 Å². The Bertz CT molecular complexity index is 459. The van der Waals surface area contributed by atoms with Gasteiger partial charge in [-0.1, -0.05) is 17.3 Å². The molecule has 2 N–H and O–H groups in total. The van der Waals surface area contributed by atoms with Crippen molar-refractivity contribution in [2.75, 3.05) is 24.7 Å². The van der Waals surface area contributed by atoms with Crippen LogP contribution in [0.25, 0.3) is 0 Å². The van der Waals surface area contributed by atoms with E-state index in [4.69, 9.17) is 10.3 Å². The molecule has 0 unspecified atom stereocenters. The van der Waals surface area contributed by atoms with E-state index in [1.807, 2.05) is 14.1 Å². The number of nitrogens with two attached hydrogens (primary N) is 1. The monoisotopic (exact) mass is 217 g/mol. The van der Waals surface area contributed by atoms with Crippen molar-refractivity contribution in [3.63, 3.8) is 0 Å². The summed E-state index contributed by atoms with van der Waals surface area (Å²) >= 11 is 0. The Morgan fingerprint density at radius 3 is 2.44 bits per heavy atom. The first kappa shape index (κ1) is 10.5. The van der Waals surface area contributed by atoms with Gasteiger partial charge in [0.1, 0.15) is 6.26 Å². The lowest BCUT2D eigenvalue weighted by molar-refractivity contribution is 0.422. The van der Waals surface area contributed by atoms with Crippen molar-refractivity contribution in [1.29, 1.82) is 0 Å². The number of rotatable bonds is 3. The highest BCUT2D eigenvalue weighted by Gasteiger charge is 2.04. The van der Waals surface area contributed by atoms with Crippen molar-refractivity contribution in [2.24, 2.45) is 0 Å². The van der Waals surface area contributed by atoms with E-state index in [9.17, 15) is 0 Å². The van der Waals surface area contributed by atoms with E-state index in [0.29, 0.717) is 5.82 Å². The van der Waals surface area contributed by atoms with Crippen LogP contribution in [0.1, 0.15) is 11.1 Å². The lowest BCUT2D eigenvalue weighted by Gasteiger charge is -2.12. The lowest BCUT2D eigenvalue weighted by Crippen LogP contribution is -2.08. The van der Waals surface area contributed by atoms with E-state index in [1.165, 1.54) is 11.3 Å². The number of benzene rings is 1. The molecular formula is C12H15N3O. The second-order valence-corrected chi connectivity index (χ2v) is 3.96. The summed E-state index contributed by atoms with van der Waals surface area (Å²) in [6, 6.07) is 8.33. The molecule has 1 heterocycles. The van der Waals surface area contributed by atoms with Gasteiger partial charge in [0.25, 0.3) is 0 Å². The fraction of sp³-hybridized carbons (Fsp3) is 0.250. The fourth-order valence-corrected chi connectivity index (χ4v) is 1.53. The second-order valence-electron chi connectivity index (χ2n) is 3.96. The number of aromatic nitrogens is 1. The van der Waals surface area contributed by atoms with Gasteiger partial charge < -0.3 is 15.2 Å². The Hall–Kier alpha value is -1.97. The highest BCUT2D eigenvalue weighted by Crippen LogP contribution is 2.17. The zero-order chi connectivity index (χ0) is 11.5. The first-order valence-corrected chi connectivity index (χ1v) is 5.12. The average molecular weight is 217 g/mol. The molecule has 4 nitrogen and oxygen atoms in total. The number of nitrogens with zero attached hydrogens (tertiary/aromatic N) is 2. The number of anilines is 2. The molecule has 2 aromatic rings. The normalized spacial score (nSPS) is 10.4. The third-order valence-corrected chi connectivity index (χ3v) is 2.52. The van der Waals surface area contributed by atoms with Gasteiger partial charge in [0.05, 0.1) is 0 Å². The van der Waals surface area contributed by atoms with Crippen LogP contribution in [-0.2, 0) is 6.42 Å². The molecule has 0 bridgehead atoms. The van der Waals surface area contributed by atoms with Crippen LogP contribution in [-0.4, -0.2) is 19.3 Å². The maximum atomic E-state index is 5.65. The highest BCUT2D eigenvalue weighted by atomic mass is 16.5. The van der Waals surface area contributed by atoms with Crippen LogP contribution < -0.4 is 10.6 Å². The molecule has 1 aromatic carbocycles. The van der Waals surface area contributed by atoms with Crippen LogP contribution in [0.2, 0.25) is 0 Å². The highest BCUT2D eigenvalue weighted by molar-refractivity contribution is 5.47. The molecule has 0 aliphatic heterocycles. The molecule has 0 saturated carbocycles. The third-order valence-electron chi connectivity index (χ3n) is 2.52. The smallest absolute Gasteiger partial charge is 0.170 e. The minimum absolute atomic E-state index is 0.469. The Morgan fingerprint density at radius 1 is 1.25 bits per heavy atom. The molecule has 0 radical (unpaired) electrons. The van der Waals surface area contributed by atoms with E-state index in [-0.39, 0.29) is 0 Å². The molecule has 0 amide bonds. The summed E-state index contributed by atoms with van der Waals surface area (Å²) in [4.78, 5) is 2.07. The van der Waals surface area contributed by atoms with E-state index >= 15 is 0 Å². The summed E-state index contributed by atoms with van der Waals surface area (Å²) < 4.78 is 4.80. The van der Waals surface area contributed by atoms with Crippen molar-refractivity contribution in [3.8, 4) is 0 Å². The topological polar surface area (TPSA) is 55.3 Å². The first-order valence-electron chi connectivity index (χ1n) is 5.12. The molecule has 0 fully saturated rings. The van der Waals surface area contributed by atoms with E-state index in [2.05, 4.69) is 34.3 Å². The largest absolute Gasteiger partial charge is 0.381 e. The van der Waals surface area contributed by atoms with Gasteiger partial charge in [0.15, 0.2) is 5.82 Å². The summed E-state index contributed by atoms with van der Waals surface area (Å²) in [5.74, 6) is 0.469. The van der Waals surface area contributed by atoms with Gasteiger partial charge in [0, 0.05) is 31.8 Å². The Balaban J connectivity index is 2.14. The predicted octanol–water partition coefficient (Wildman–Crippen LogP) is 1.91. The standard InChI is InChI=1S/C12H15N3O/c1-15(2)11-5-3-9(4-6-11)7-10-8-16-14-12(10)13/h3-6,8H,7H2,1-2H3,(H2,13,14). The van der Waals surface area contributed by atoms with Crippen LogP contribution in [0.15, 0.2) is 35.1 Å². The van der Waals surface area contributed by atoms with Crippen LogP contribution >= 0.6 is 0 Å². The Morgan fingerprint density at radius 2 is 1.94 bits per heavy atom. The fourth-order valence-electron chi connectivity index (χ4n) is 1.53. The molecule has 0 spiro atoms. The van der Waals surface area contributed by atoms with Gasteiger partial charge in [0.2, 0.25) is 0 Å². The maximum absolute atomic E-state index is 5.65. The van der Waals surface area contributed by atoms with Gasteiger partial charge >= 0.3 is 0 Å². The van der Waals surface area contributed by atoms with Crippen molar-refractivity contribution in [3.05, 3.63) is 41.7 Å². The van der Waals surface area contributed by atoms with Gasteiger partial charge in [-0.3, -0.25) is 0 Å². The summed E-state index contributed by atoms with van der Waals surface area (Å²) in [5.41, 5.74) is 8.96. The number of hydrogen-bond donors (Lipinski definition) is 1. The Labute approximate surface area is 94.6 Å². The quantitative estimate of drug-likeness (QED) is 0.853. The number of nitrogen functional groups attached to an aromatic ring is 1. The van der Waals surface area contributed by atoms with Crippen molar-refractivity contribution in [2.45, 2.75) is 6.42 Å². The zero-order valence-electron chi connectivity index (χ0n) is 9.47. The number of hydrogen-bond acceptors (Lipinski definition) is 4. The van der Waals surface area contributed by atoms with E-state index in [1.54, 1.807) is 6.26 Å². The molecule has 16 heavy (non-hydrogen) atoms. The molecule has 0 aliphatic carbocycles. The average Bonchev–Trinajstić information content (AvgIpc) is 2.65. The minimum Gasteiger partial charge on any atom is -0.381 e. The molecule has 1 aromatic heterocycles. The van der Waals surface area contributed by atoms with Crippen molar-refractivity contribution >= 4 is 11.5 Å². The summed E-state index contributed by atoms with van der Waals surface area (Å²) in [6.45, 7) is 0. The molecular weight excluding hydrogens is 202 g/mol. The van der Waals surface area contributed by atoms with E-state index < -0.39 is 0 Å². The second kappa shape index (κ2) is 4.26. The van der Waals surface area contributed by atoms with Gasteiger partial charge in [-0.15, -0.1) is 0 Å². The van der Waals surface area contributed by atoms with Crippen LogP contribution in [0.3, 0.4) is 0 Å². The molecule has 0 aliphatic rings. The Kier molecular flexibility index (Phi) is 2.81. The third kappa shape index (κ3) is 2.16. The van der Waals surface area contributed by atoms with Crippen molar-refractivity contribution in [1.82, 2.24) is 5.16 Å². The molecule has 0 saturated heterocycles. The SMILES string of the molecule is CN(C)c1ccc(Cc2conc2N)cc1. The van der Waals surface area contributed by atoms with Crippen LogP contribution in [0.4, 0.5) is 11.5 Å². The summed E-state index contributed by atoms with van der Waals surface area (Å²) in [5, 5.41) is 3.65. The minimum atomic E-state index is 0.469.